The van der Waals surface area contributed by atoms with Crippen molar-refractivity contribution in [3.05, 3.63) is 60.4 Å². The molecule has 1 N–H and O–H groups in total. The summed E-state index contributed by atoms with van der Waals surface area (Å²) >= 11 is 0. The summed E-state index contributed by atoms with van der Waals surface area (Å²) in [5.74, 6) is 0.879. The van der Waals surface area contributed by atoms with Crippen LogP contribution in [0.4, 0.5) is 14.6 Å². The molecule has 1 aromatic heterocycles. The molecule has 6 heteroatoms. The Morgan fingerprint density at radius 2 is 1.77 bits per heavy atom. The van der Waals surface area contributed by atoms with Crippen LogP contribution in [0, 0.1) is 0 Å². The molecule has 112 valence electrons. The van der Waals surface area contributed by atoms with Crippen LogP contribution in [-0.2, 0) is 6.54 Å². The van der Waals surface area contributed by atoms with Gasteiger partial charge in [0, 0.05) is 11.9 Å². The minimum Gasteiger partial charge on any atom is -0.435 e. The van der Waals surface area contributed by atoms with Gasteiger partial charge in [0.05, 0.1) is 5.52 Å². The minimum absolute atomic E-state index is 0.145. The van der Waals surface area contributed by atoms with Crippen LogP contribution in [0.15, 0.2) is 54.9 Å². The lowest BCUT2D eigenvalue weighted by Gasteiger charge is -2.09. The highest BCUT2D eigenvalue weighted by Crippen LogP contribution is 2.20. The Labute approximate surface area is 125 Å². The highest BCUT2D eigenvalue weighted by atomic mass is 19.3. The van der Waals surface area contributed by atoms with Gasteiger partial charge in [0.2, 0.25) is 0 Å². The van der Waals surface area contributed by atoms with Gasteiger partial charge in [-0.2, -0.15) is 8.78 Å². The summed E-state index contributed by atoms with van der Waals surface area (Å²) in [4.78, 5) is 8.43. The van der Waals surface area contributed by atoms with Crippen LogP contribution in [0.3, 0.4) is 0 Å². The first kappa shape index (κ1) is 14.2. The van der Waals surface area contributed by atoms with Gasteiger partial charge >= 0.3 is 6.61 Å². The summed E-state index contributed by atoms with van der Waals surface area (Å²) in [6.07, 6.45) is 1.50. The Morgan fingerprint density at radius 1 is 1.00 bits per heavy atom. The van der Waals surface area contributed by atoms with Crippen LogP contribution >= 0.6 is 0 Å². The number of benzene rings is 2. The summed E-state index contributed by atoms with van der Waals surface area (Å²) in [7, 11) is 0. The van der Waals surface area contributed by atoms with Gasteiger partial charge in [-0.15, -0.1) is 0 Å². The van der Waals surface area contributed by atoms with E-state index in [0.717, 1.165) is 22.3 Å². The van der Waals surface area contributed by atoms with Crippen molar-refractivity contribution in [1.82, 2.24) is 9.97 Å². The molecule has 0 unspecified atom stereocenters. The van der Waals surface area contributed by atoms with E-state index >= 15 is 0 Å². The number of para-hydroxylation sites is 1. The summed E-state index contributed by atoms with van der Waals surface area (Å²) in [6, 6.07) is 14.2. The summed E-state index contributed by atoms with van der Waals surface area (Å²) in [5, 5.41) is 4.16. The number of anilines is 1. The maximum absolute atomic E-state index is 12.1. The molecule has 0 bridgehead atoms. The molecular weight excluding hydrogens is 288 g/mol. The van der Waals surface area contributed by atoms with Crippen LogP contribution in [0.5, 0.6) is 5.75 Å². The van der Waals surface area contributed by atoms with E-state index in [1.54, 1.807) is 12.1 Å². The Kier molecular flexibility index (Phi) is 4.09. The van der Waals surface area contributed by atoms with Crippen LogP contribution in [0.25, 0.3) is 10.9 Å². The van der Waals surface area contributed by atoms with E-state index in [4.69, 9.17) is 0 Å². The van der Waals surface area contributed by atoms with Gasteiger partial charge in [-0.05, 0) is 29.8 Å². The van der Waals surface area contributed by atoms with Crippen molar-refractivity contribution in [3.8, 4) is 5.75 Å². The van der Waals surface area contributed by atoms with Gasteiger partial charge in [-0.25, -0.2) is 9.97 Å². The molecule has 0 atom stereocenters. The Balaban J connectivity index is 1.71. The second-order valence-electron chi connectivity index (χ2n) is 4.62. The normalized spacial score (nSPS) is 10.9. The fourth-order valence-electron chi connectivity index (χ4n) is 2.12. The molecule has 3 aromatic rings. The lowest BCUT2D eigenvalue weighted by molar-refractivity contribution is -0.0498. The molecule has 0 saturated carbocycles. The van der Waals surface area contributed by atoms with E-state index in [9.17, 15) is 8.78 Å². The predicted octanol–water partition coefficient (Wildman–Crippen LogP) is 3.84. The number of hydrogen-bond donors (Lipinski definition) is 1. The molecule has 2 aromatic carbocycles. The molecule has 0 radical (unpaired) electrons. The zero-order valence-electron chi connectivity index (χ0n) is 11.5. The average molecular weight is 301 g/mol. The standard InChI is InChI=1S/C16H13F2N3O/c17-16(18)22-12-7-5-11(6-8-12)9-19-15-13-3-1-2-4-14(13)20-10-21-15/h1-8,10,16H,9H2,(H,19,20,21). The maximum Gasteiger partial charge on any atom is 0.387 e. The van der Waals surface area contributed by atoms with Crippen LogP contribution < -0.4 is 10.1 Å². The molecule has 0 aliphatic heterocycles. The molecular formula is C16H13F2N3O. The van der Waals surface area contributed by atoms with Gasteiger partial charge in [0.1, 0.15) is 17.9 Å². The van der Waals surface area contributed by atoms with Crippen molar-refractivity contribution in [1.29, 1.82) is 0 Å². The van der Waals surface area contributed by atoms with Gasteiger partial charge in [0.25, 0.3) is 0 Å². The summed E-state index contributed by atoms with van der Waals surface area (Å²) in [6.45, 7) is -2.29. The lowest BCUT2D eigenvalue weighted by Crippen LogP contribution is -2.04. The number of nitrogens with zero attached hydrogens (tertiary/aromatic N) is 2. The molecule has 3 rings (SSSR count). The number of aromatic nitrogens is 2. The zero-order chi connectivity index (χ0) is 15.4. The van der Waals surface area contributed by atoms with Crippen molar-refractivity contribution in [2.45, 2.75) is 13.2 Å². The molecule has 0 spiro atoms. The van der Waals surface area contributed by atoms with Gasteiger partial charge in [-0.1, -0.05) is 24.3 Å². The van der Waals surface area contributed by atoms with E-state index in [-0.39, 0.29) is 5.75 Å². The van der Waals surface area contributed by atoms with Crippen molar-refractivity contribution in [2.24, 2.45) is 0 Å². The van der Waals surface area contributed by atoms with E-state index < -0.39 is 6.61 Å². The van der Waals surface area contributed by atoms with Gasteiger partial charge in [0.15, 0.2) is 0 Å². The number of rotatable bonds is 5. The third kappa shape index (κ3) is 3.28. The van der Waals surface area contributed by atoms with E-state index in [2.05, 4.69) is 20.0 Å². The molecule has 0 aliphatic rings. The quantitative estimate of drug-likeness (QED) is 0.777. The Bertz CT molecular complexity index is 757. The SMILES string of the molecule is FC(F)Oc1ccc(CNc2ncnc3ccccc23)cc1. The van der Waals surface area contributed by atoms with Crippen LogP contribution in [0.2, 0.25) is 0 Å². The first-order valence-corrected chi connectivity index (χ1v) is 6.70. The fourth-order valence-corrected chi connectivity index (χ4v) is 2.12. The predicted molar refractivity (Wildman–Crippen MR) is 79.9 cm³/mol. The smallest absolute Gasteiger partial charge is 0.387 e. The number of hydrogen-bond acceptors (Lipinski definition) is 4. The second kappa shape index (κ2) is 6.34. The molecule has 1 heterocycles. The lowest BCUT2D eigenvalue weighted by atomic mass is 10.2. The minimum atomic E-state index is -2.81. The van der Waals surface area contributed by atoms with E-state index in [0.29, 0.717) is 6.54 Å². The van der Waals surface area contributed by atoms with Gasteiger partial charge in [-0.3, -0.25) is 0 Å². The van der Waals surface area contributed by atoms with Crippen molar-refractivity contribution in [3.63, 3.8) is 0 Å². The average Bonchev–Trinajstić information content (AvgIpc) is 2.54. The monoisotopic (exact) mass is 301 g/mol. The third-order valence-corrected chi connectivity index (χ3v) is 3.15. The number of nitrogens with one attached hydrogen (secondary N) is 1. The molecule has 0 saturated heterocycles. The topological polar surface area (TPSA) is 47.0 Å². The summed E-state index contributed by atoms with van der Waals surface area (Å²) in [5.41, 5.74) is 1.80. The number of ether oxygens (including phenoxy) is 1. The first-order valence-electron chi connectivity index (χ1n) is 6.70. The van der Waals surface area contributed by atoms with E-state index in [1.165, 1.54) is 18.5 Å². The van der Waals surface area contributed by atoms with Crippen molar-refractivity contribution >= 4 is 16.7 Å². The highest BCUT2D eigenvalue weighted by molar-refractivity contribution is 5.88. The van der Waals surface area contributed by atoms with E-state index in [1.807, 2.05) is 24.3 Å². The fraction of sp³-hybridized carbons (Fsp3) is 0.125. The number of halogens is 2. The zero-order valence-corrected chi connectivity index (χ0v) is 11.5. The van der Waals surface area contributed by atoms with Crippen LogP contribution in [0.1, 0.15) is 5.56 Å². The Hall–Kier alpha value is -2.76. The molecule has 0 aliphatic carbocycles. The molecule has 0 fully saturated rings. The largest absolute Gasteiger partial charge is 0.435 e. The summed E-state index contributed by atoms with van der Waals surface area (Å²) < 4.78 is 28.5. The third-order valence-electron chi connectivity index (χ3n) is 3.15. The van der Waals surface area contributed by atoms with Crippen LogP contribution in [-0.4, -0.2) is 16.6 Å². The maximum atomic E-state index is 12.1. The molecule has 4 nitrogen and oxygen atoms in total. The van der Waals surface area contributed by atoms with Gasteiger partial charge < -0.3 is 10.1 Å². The highest BCUT2D eigenvalue weighted by Gasteiger charge is 2.05. The number of fused-ring (bicyclic) bond motifs is 1. The first-order chi connectivity index (χ1) is 10.7. The molecule has 22 heavy (non-hydrogen) atoms. The molecule has 0 amide bonds. The van der Waals surface area contributed by atoms with Crippen molar-refractivity contribution < 1.29 is 13.5 Å². The Morgan fingerprint density at radius 3 is 2.55 bits per heavy atom. The van der Waals surface area contributed by atoms with Crippen molar-refractivity contribution in [2.75, 3.05) is 5.32 Å². The number of alkyl halides is 2. The second-order valence-corrected chi connectivity index (χ2v) is 4.62.